The van der Waals surface area contributed by atoms with Gasteiger partial charge in [-0.2, -0.15) is 0 Å². The summed E-state index contributed by atoms with van der Waals surface area (Å²) in [6.07, 6.45) is -0.774. The number of hydrogen-bond acceptors (Lipinski definition) is 5. The van der Waals surface area contributed by atoms with E-state index in [4.69, 9.17) is 9.47 Å². The lowest BCUT2D eigenvalue weighted by atomic mass is 10.0. The van der Waals surface area contributed by atoms with Gasteiger partial charge in [-0.05, 0) is 68.4 Å². The Morgan fingerprint density at radius 2 is 1.27 bits per heavy atom. The molecule has 210 valence electrons. The van der Waals surface area contributed by atoms with Gasteiger partial charge < -0.3 is 35.6 Å². The molecular formula is C28H29F2N5O5. The molecule has 1 heterocycles. The Balaban J connectivity index is 1.69. The van der Waals surface area contributed by atoms with Crippen molar-refractivity contribution < 1.29 is 32.6 Å². The molecule has 0 aromatic heterocycles. The van der Waals surface area contributed by atoms with Crippen LogP contribution in [0.4, 0.5) is 35.4 Å². The maximum Gasteiger partial charge on any atom is 0.321 e. The van der Waals surface area contributed by atoms with Gasteiger partial charge in [0.25, 0.3) is 5.91 Å². The van der Waals surface area contributed by atoms with Crippen LogP contribution < -0.4 is 26.2 Å². The quantitative estimate of drug-likeness (QED) is 0.276. The second-order valence-corrected chi connectivity index (χ2v) is 8.70. The van der Waals surface area contributed by atoms with Crippen molar-refractivity contribution in [1.29, 1.82) is 0 Å². The van der Waals surface area contributed by atoms with Crippen LogP contribution in [-0.2, 0) is 19.9 Å². The maximum absolute atomic E-state index is 14.1. The van der Waals surface area contributed by atoms with Gasteiger partial charge in [-0.1, -0.05) is 18.2 Å². The first kappa shape index (κ1) is 28.5. The number of nitrogens with one attached hydrogen (secondary N) is 4. The van der Waals surface area contributed by atoms with E-state index >= 15 is 0 Å². The molecular weight excluding hydrogens is 524 g/mol. The molecule has 0 saturated carbocycles. The number of halogens is 2. The number of hydrogen-bond donors (Lipinski definition) is 4. The Labute approximate surface area is 229 Å². The molecule has 0 aliphatic carbocycles. The Kier molecular flexibility index (Phi) is 8.92. The van der Waals surface area contributed by atoms with Gasteiger partial charge in [-0.25, -0.2) is 18.4 Å². The molecule has 12 heteroatoms. The topological polar surface area (TPSA) is 121 Å². The molecule has 0 spiro atoms. The highest BCUT2D eigenvalue weighted by atomic mass is 19.1. The number of para-hydroxylation sites is 1. The van der Waals surface area contributed by atoms with E-state index in [2.05, 4.69) is 21.3 Å². The summed E-state index contributed by atoms with van der Waals surface area (Å²) in [5.74, 6) is -1.66. The fraction of sp³-hybridized carbons (Fsp3) is 0.250. The van der Waals surface area contributed by atoms with Gasteiger partial charge in [0.15, 0.2) is 6.29 Å². The van der Waals surface area contributed by atoms with Crippen molar-refractivity contribution in [3.8, 4) is 0 Å². The van der Waals surface area contributed by atoms with Crippen molar-refractivity contribution in [3.05, 3.63) is 90.0 Å². The molecule has 1 aliphatic heterocycles. The summed E-state index contributed by atoms with van der Waals surface area (Å²) < 4.78 is 38.0. The first-order valence-electron chi connectivity index (χ1n) is 12.6. The number of carbonyl (C=O) groups is 3. The third-order valence-corrected chi connectivity index (χ3v) is 6.01. The number of urea groups is 2. The monoisotopic (exact) mass is 553 g/mol. The first-order valence-corrected chi connectivity index (χ1v) is 12.6. The number of rotatable bonds is 10. The lowest BCUT2D eigenvalue weighted by Crippen LogP contribution is -2.65. The largest absolute Gasteiger partial charge is 0.351 e. The SMILES string of the molecule is CCOC(CN1C(=O)C(NC(=O)Nc2ccc(F)cc2)(NC(=O)Nc2ccc(F)cc2)c2ccccc21)OCC. The third-order valence-electron chi connectivity index (χ3n) is 6.01. The van der Waals surface area contributed by atoms with Crippen molar-refractivity contribution >= 4 is 35.0 Å². The number of amides is 5. The lowest BCUT2D eigenvalue weighted by molar-refractivity contribution is -0.137. The second-order valence-electron chi connectivity index (χ2n) is 8.70. The van der Waals surface area contributed by atoms with E-state index < -0.39 is 41.6 Å². The van der Waals surface area contributed by atoms with Crippen LogP contribution >= 0.6 is 0 Å². The predicted molar refractivity (Wildman–Crippen MR) is 145 cm³/mol. The summed E-state index contributed by atoms with van der Waals surface area (Å²) in [6, 6.07) is 15.0. The van der Waals surface area contributed by atoms with Crippen LogP contribution in [0.5, 0.6) is 0 Å². The summed E-state index contributed by atoms with van der Waals surface area (Å²) in [6.45, 7) is 4.21. The maximum atomic E-state index is 14.1. The highest BCUT2D eigenvalue weighted by Crippen LogP contribution is 2.39. The van der Waals surface area contributed by atoms with E-state index in [9.17, 15) is 23.2 Å². The van der Waals surface area contributed by atoms with Crippen molar-refractivity contribution in [2.45, 2.75) is 25.8 Å². The highest BCUT2D eigenvalue weighted by Gasteiger charge is 2.54. The predicted octanol–water partition coefficient (Wildman–Crippen LogP) is 4.51. The molecule has 40 heavy (non-hydrogen) atoms. The van der Waals surface area contributed by atoms with Gasteiger partial charge in [-0.3, -0.25) is 4.79 Å². The van der Waals surface area contributed by atoms with Gasteiger partial charge in [0.2, 0.25) is 5.66 Å². The second kappa shape index (κ2) is 12.5. The number of ether oxygens (including phenoxy) is 2. The lowest BCUT2D eigenvalue weighted by Gasteiger charge is -2.31. The van der Waals surface area contributed by atoms with Crippen LogP contribution in [-0.4, -0.2) is 44.0 Å². The number of anilines is 3. The molecule has 0 bridgehead atoms. The van der Waals surface area contributed by atoms with E-state index in [1.165, 1.54) is 53.4 Å². The van der Waals surface area contributed by atoms with Crippen LogP contribution in [0, 0.1) is 11.6 Å². The van der Waals surface area contributed by atoms with Gasteiger partial charge >= 0.3 is 12.1 Å². The average molecular weight is 554 g/mol. The minimum atomic E-state index is -2.06. The van der Waals surface area contributed by atoms with Gasteiger partial charge in [0, 0.05) is 30.2 Å². The summed E-state index contributed by atoms with van der Waals surface area (Å²) in [5.41, 5.74) is -0.842. The molecule has 5 amide bonds. The normalized spacial score (nSPS) is 13.6. The van der Waals surface area contributed by atoms with Crippen molar-refractivity contribution in [1.82, 2.24) is 10.6 Å². The molecule has 3 aromatic rings. The van der Waals surface area contributed by atoms with Crippen molar-refractivity contribution in [2.75, 3.05) is 35.3 Å². The van der Waals surface area contributed by atoms with Crippen LogP contribution in [0.2, 0.25) is 0 Å². The van der Waals surface area contributed by atoms with E-state index in [1.54, 1.807) is 38.1 Å². The fourth-order valence-corrected chi connectivity index (χ4v) is 4.31. The molecule has 0 atom stereocenters. The number of benzene rings is 3. The van der Waals surface area contributed by atoms with Gasteiger partial charge in [0.1, 0.15) is 11.6 Å². The Morgan fingerprint density at radius 1 is 0.800 bits per heavy atom. The van der Waals surface area contributed by atoms with E-state index in [-0.39, 0.29) is 23.5 Å². The van der Waals surface area contributed by atoms with Crippen LogP contribution in [0.3, 0.4) is 0 Å². The third kappa shape index (κ3) is 6.35. The number of carbonyl (C=O) groups excluding carboxylic acids is 3. The molecule has 1 aliphatic rings. The molecule has 0 saturated heterocycles. The van der Waals surface area contributed by atoms with E-state index in [0.29, 0.717) is 18.9 Å². The molecule has 0 fully saturated rings. The van der Waals surface area contributed by atoms with Crippen molar-refractivity contribution in [3.63, 3.8) is 0 Å². The van der Waals surface area contributed by atoms with Crippen LogP contribution in [0.1, 0.15) is 19.4 Å². The molecule has 0 unspecified atom stereocenters. The minimum Gasteiger partial charge on any atom is -0.351 e. The average Bonchev–Trinajstić information content (AvgIpc) is 3.14. The Morgan fingerprint density at radius 3 is 1.75 bits per heavy atom. The summed E-state index contributed by atoms with van der Waals surface area (Å²) in [5, 5.41) is 10.3. The van der Waals surface area contributed by atoms with Gasteiger partial charge in [-0.15, -0.1) is 0 Å². The van der Waals surface area contributed by atoms with Gasteiger partial charge in [0.05, 0.1) is 12.2 Å². The number of nitrogens with zero attached hydrogens (tertiary/aromatic N) is 1. The van der Waals surface area contributed by atoms with Crippen molar-refractivity contribution in [2.24, 2.45) is 0 Å². The zero-order valence-corrected chi connectivity index (χ0v) is 21.9. The van der Waals surface area contributed by atoms with E-state index in [0.717, 1.165) is 0 Å². The smallest absolute Gasteiger partial charge is 0.321 e. The molecule has 4 rings (SSSR count). The van der Waals surface area contributed by atoms with E-state index in [1.807, 2.05) is 0 Å². The number of fused-ring (bicyclic) bond motifs is 1. The Bertz CT molecular complexity index is 1290. The zero-order valence-electron chi connectivity index (χ0n) is 21.9. The summed E-state index contributed by atoms with van der Waals surface area (Å²) in [4.78, 5) is 41.8. The molecule has 4 N–H and O–H groups in total. The first-order chi connectivity index (χ1) is 19.3. The minimum absolute atomic E-state index is 0.0260. The standard InChI is InChI=1S/C28H29F2N5O5/c1-3-39-24(40-4-2)17-35-23-8-6-5-7-22(23)28(25(35)36,33-26(37)31-20-13-9-18(29)10-14-20)34-27(38)32-21-15-11-19(30)12-16-21/h5-16,24H,3-4,17H2,1-2H3,(H2,31,33,37)(H2,32,34,38). The van der Waals surface area contributed by atoms with Crippen LogP contribution in [0.15, 0.2) is 72.8 Å². The summed E-state index contributed by atoms with van der Waals surface area (Å²) >= 11 is 0. The fourth-order valence-electron chi connectivity index (χ4n) is 4.31. The summed E-state index contributed by atoms with van der Waals surface area (Å²) in [7, 11) is 0. The molecule has 10 nitrogen and oxygen atoms in total. The highest BCUT2D eigenvalue weighted by molar-refractivity contribution is 6.12. The van der Waals surface area contributed by atoms with Crippen LogP contribution in [0.25, 0.3) is 0 Å². The zero-order chi connectivity index (χ0) is 28.7. The Hall–Kier alpha value is -4.55. The molecule has 0 radical (unpaired) electrons. The molecule has 3 aromatic carbocycles.